The lowest BCUT2D eigenvalue weighted by atomic mass is 10.1. The Morgan fingerprint density at radius 2 is 2.10 bits per heavy atom. The van der Waals surface area contributed by atoms with E-state index in [2.05, 4.69) is 14.9 Å². The summed E-state index contributed by atoms with van der Waals surface area (Å²) in [6, 6.07) is 9.81. The van der Waals surface area contributed by atoms with Gasteiger partial charge >= 0.3 is 0 Å². The number of rotatable bonds is 6. The molecule has 1 fully saturated rings. The van der Waals surface area contributed by atoms with Crippen LogP contribution in [0.15, 0.2) is 42.7 Å². The van der Waals surface area contributed by atoms with Gasteiger partial charge in [0.1, 0.15) is 5.82 Å². The molecule has 1 aromatic heterocycles. The van der Waals surface area contributed by atoms with E-state index in [1.165, 1.54) is 18.7 Å². The first-order valence-corrected chi connectivity index (χ1v) is 7.14. The van der Waals surface area contributed by atoms with Crippen molar-refractivity contribution in [3.05, 3.63) is 54.1 Å². The SMILES string of the molecule is O=C(Cc1ccccc1)NCCn1ccnc1C1CC1. The van der Waals surface area contributed by atoms with Crippen LogP contribution in [0.1, 0.15) is 30.1 Å². The van der Waals surface area contributed by atoms with E-state index in [9.17, 15) is 4.79 Å². The maximum absolute atomic E-state index is 11.8. The van der Waals surface area contributed by atoms with Gasteiger partial charge in [-0.1, -0.05) is 30.3 Å². The largest absolute Gasteiger partial charge is 0.354 e. The fraction of sp³-hybridized carbons (Fsp3) is 0.375. The number of aromatic nitrogens is 2. The van der Waals surface area contributed by atoms with Crippen LogP contribution in [0.4, 0.5) is 0 Å². The van der Waals surface area contributed by atoms with E-state index in [-0.39, 0.29) is 5.91 Å². The number of hydrogen-bond acceptors (Lipinski definition) is 2. The van der Waals surface area contributed by atoms with Crippen LogP contribution in [-0.4, -0.2) is 22.0 Å². The number of amides is 1. The van der Waals surface area contributed by atoms with Gasteiger partial charge in [-0.2, -0.15) is 0 Å². The quantitative estimate of drug-likeness (QED) is 0.873. The molecular formula is C16H19N3O. The summed E-state index contributed by atoms with van der Waals surface area (Å²) >= 11 is 0. The molecule has 4 heteroatoms. The average molecular weight is 269 g/mol. The highest BCUT2D eigenvalue weighted by Crippen LogP contribution is 2.38. The van der Waals surface area contributed by atoms with E-state index in [0.717, 1.165) is 12.1 Å². The van der Waals surface area contributed by atoms with Crippen LogP contribution in [0.25, 0.3) is 0 Å². The summed E-state index contributed by atoms with van der Waals surface area (Å²) in [7, 11) is 0. The maximum Gasteiger partial charge on any atom is 0.224 e. The second-order valence-electron chi connectivity index (χ2n) is 5.27. The number of carbonyl (C=O) groups is 1. The molecule has 1 aliphatic rings. The summed E-state index contributed by atoms with van der Waals surface area (Å²) in [5, 5.41) is 2.97. The fourth-order valence-corrected chi connectivity index (χ4v) is 2.37. The predicted octanol–water partition coefficient (Wildman–Crippen LogP) is 2.12. The normalized spacial score (nSPS) is 14.2. The zero-order valence-electron chi connectivity index (χ0n) is 11.5. The van der Waals surface area contributed by atoms with Gasteiger partial charge in [-0.25, -0.2) is 4.98 Å². The van der Waals surface area contributed by atoms with Gasteiger partial charge in [-0.3, -0.25) is 4.79 Å². The number of hydrogen-bond donors (Lipinski definition) is 1. The molecule has 4 nitrogen and oxygen atoms in total. The molecule has 0 bridgehead atoms. The second-order valence-corrected chi connectivity index (χ2v) is 5.27. The van der Waals surface area contributed by atoms with Gasteiger partial charge in [0.05, 0.1) is 6.42 Å². The lowest BCUT2D eigenvalue weighted by Crippen LogP contribution is -2.28. The van der Waals surface area contributed by atoms with E-state index in [4.69, 9.17) is 0 Å². The molecule has 0 radical (unpaired) electrons. The first-order valence-electron chi connectivity index (χ1n) is 7.14. The molecule has 0 unspecified atom stereocenters. The van der Waals surface area contributed by atoms with E-state index < -0.39 is 0 Å². The third kappa shape index (κ3) is 3.26. The summed E-state index contributed by atoms with van der Waals surface area (Å²) in [4.78, 5) is 16.2. The molecule has 0 spiro atoms. The molecule has 0 atom stereocenters. The Labute approximate surface area is 118 Å². The first kappa shape index (κ1) is 12.9. The van der Waals surface area contributed by atoms with Crippen LogP contribution in [0.3, 0.4) is 0 Å². The Balaban J connectivity index is 1.45. The minimum atomic E-state index is 0.0734. The summed E-state index contributed by atoms with van der Waals surface area (Å²) < 4.78 is 2.15. The monoisotopic (exact) mass is 269 g/mol. The standard InChI is InChI=1S/C16H19N3O/c20-15(12-13-4-2-1-3-5-13)17-8-10-19-11-9-18-16(19)14-6-7-14/h1-5,9,11,14H,6-8,10,12H2,(H,17,20). The van der Waals surface area contributed by atoms with Gasteiger partial charge in [0.2, 0.25) is 5.91 Å². The van der Waals surface area contributed by atoms with E-state index in [1.807, 2.05) is 42.7 Å². The first-order chi connectivity index (χ1) is 9.83. The van der Waals surface area contributed by atoms with Crippen LogP contribution in [-0.2, 0) is 17.8 Å². The van der Waals surface area contributed by atoms with E-state index >= 15 is 0 Å². The molecule has 1 N–H and O–H groups in total. The Hall–Kier alpha value is -2.10. The zero-order valence-corrected chi connectivity index (χ0v) is 11.5. The number of nitrogens with one attached hydrogen (secondary N) is 1. The lowest BCUT2D eigenvalue weighted by molar-refractivity contribution is -0.120. The van der Waals surface area contributed by atoms with Crippen molar-refractivity contribution in [3.8, 4) is 0 Å². The Kier molecular flexibility index (Phi) is 3.81. The highest BCUT2D eigenvalue weighted by Gasteiger charge is 2.27. The van der Waals surface area contributed by atoms with Crippen molar-refractivity contribution in [2.75, 3.05) is 6.54 Å². The molecule has 1 aliphatic carbocycles. The van der Waals surface area contributed by atoms with E-state index in [0.29, 0.717) is 18.9 Å². The number of nitrogens with zero attached hydrogens (tertiary/aromatic N) is 2. The number of benzene rings is 1. The average Bonchev–Trinajstić information content (AvgIpc) is 3.20. The number of imidazole rings is 1. The molecule has 1 saturated carbocycles. The third-order valence-corrected chi connectivity index (χ3v) is 3.57. The summed E-state index contributed by atoms with van der Waals surface area (Å²) in [6.45, 7) is 1.45. The molecule has 0 aliphatic heterocycles. The fourth-order valence-electron chi connectivity index (χ4n) is 2.37. The van der Waals surface area contributed by atoms with E-state index in [1.54, 1.807) is 0 Å². The molecule has 20 heavy (non-hydrogen) atoms. The van der Waals surface area contributed by atoms with Crippen molar-refractivity contribution < 1.29 is 4.79 Å². The van der Waals surface area contributed by atoms with Crippen LogP contribution in [0, 0.1) is 0 Å². The zero-order chi connectivity index (χ0) is 13.8. The third-order valence-electron chi connectivity index (χ3n) is 3.57. The Bertz CT molecular complexity index is 572. The van der Waals surface area contributed by atoms with Crippen molar-refractivity contribution in [2.24, 2.45) is 0 Å². The molecule has 1 amide bonds. The van der Waals surface area contributed by atoms with Crippen LogP contribution in [0.5, 0.6) is 0 Å². The van der Waals surface area contributed by atoms with Crippen LogP contribution in [0.2, 0.25) is 0 Å². The minimum absolute atomic E-state index is 0.0734. The molecule has 0 saturated heterocycles. The van der Waals surface area contributed by atoms with Gasteiger partial charge in [0.15, 0.2) is 0 Å². The Morgan fingerprint density at radius 1 is 1.30 bits per heavy atom. The summed E-state index contributed by atoms with van der Waals surface area (Å²) in [5.74, 6) is 1.89. The maximum atomic E-state index is 11.8. The molecule has 1 heterocycles. The highest BCUT2D eigenvalue weighted by atomic mass is 16.1. The van der Waals surface area contributed by atoms with Crippen molar-refractivity contribution in [1.82, 2.24) is 14.9 Å². The smallest absolute Gasteiger partial charge is 0.224 e. The van der Waals surface area contributed by atoms with Gasteiger partial charge in [0.25, 0.3) is 0 Å². The van der Waals surface area contributed by atoms with Crippen LogP contribution < -0.4 is 5.32 Å². The lowest BCUT2D eigenvalue weighted by Gasteiger charge is -2.08. The topological polar surface area (TPSA) is 46.9 Å². The highest BCUT2D eigenvalue weighted by molar-refractivity contribution is 5.78. The molecule has 2 aromatic rings. The van der Waals surface area contributed by atoms with Crippen molar-refractivity contribution in [2.45, 2.75) is 31.7 Å². The molecule has 1 aromatic carbocycles. The summed E-state index contributed by atoms with van der Waals surface area (Å²) in [6.07, 6.45) is 6.78. The summed E-state index contributed by atoms with van der Waals surface area (Å²) in [5.41, 5.74) is 1.05. The van der Waals surface area contributed by atoms with Gasteiger partial charge in [-0.05, 0) is 18.4 Å². The van der Waals surface area contributed by atoms with Crippen molar-refractivity contribution in [1.29, 1.82) is 0 Å². The predicted molar refractivity (Wildman–Crippen MR) is 77.4 cm³/mol. The van der Waals surface area contributed by atoms with Gasteiger partial charge < -0.3 is 9.88 Å². The molecule has 3 rings (SSSR count). The Morgan fingerprint density at radius 3 is 2.85 bits per heavy atom. The van der Waals surface area contributed by atoms with Crippen molar-refractivity contribution >= 4 is 5.91 Å². The molecular weight excluding hydrogens is 250 g/mol. The number of carbonyl (C=O) groups excluding carboxylic acids is 1. The molecule has 104 valence electrons. The van der Waals surface area contributed by atoms with Gasteiger partial charge in [0, 0.05) is 31.4 Å². The minimum Gasteiger partial charge on any atom is -0.354 e. The van der Waals surface area contributed by atoms with Gasteiger partial charge in [-0.15, -0.1) is 0 Å². The second kappa shape index (κ2) is 5.90. The van der Waals surface area contributed by atoms with Crippen molar-refractivity contribution in [3.63, 3.8) is 0 Å². The van der Waals surface area contributed by atoms with Crippen LogP contribution >= 0.6 is 0 Å².